The number of rotatable bonds is 7. The highest BCUT2D eigenvalue weighted by Crippen LogP contribution is 2.26. The van der Waals surface area contributed by atoms with Crippen LogP contribution in [0.1, 0.15) is 12.8 Å². The summed E-state index contributed by atoms with van der Waals surface area (Å²) in [6.45, 7) is 0.871. The molecule has 0 saturated carbocycles. The second-order valence-corrected chi connectivity index (χ2v) is 9.60. The van der Waals surface area contributed by atoms with Gasteiger partial charge < -0.3 is 9.64 Å². The van der Waals surface area contributed by atoms with E-state index >= 15 is 0 Å². The molecule has 1 N–H and O–H groups in total. The third-order valence-corrected chi connectivity index (χ3v) is 6.97. The number of benzene rings is 2. The first kappa shape index (κ1) is 22.4. The number of nitrogens with zero attached hydrogens (tertiary/aromatic N) is 2. The number of nitrogens with one attached hydrogen (secondary N) is 1. The predicted octanol–water partition coefficient (Wildman–Crippen LogP) is 3.38. The normalized spacial score (nSPS) is 16.4. The SMILES string of the molecule is O=C(CCNS(=O)(=O)c1ccc(F)c(Cl)c1)N1CCC(Oc2cccc3cccnc23)C1. The third-order valence-electron chi connectivity index (χ3n) is 5.22. The number of ether oxygens (including phenoxy) is 1. The van der Waals surface area contributed by atoms with E-state index in [1.165, 1.54) is 0 Å². The molecule has 1 amide bonds. The highest BCUT2D eigenvalue weighted by Gasteiger charge is 2.28. The Morgan fingerprint density at radius 1 is 1.25 bits per heavy atom. The molecule has 1 saturated heterocycles. The van der Waals surface area contributed by atoms with E-state index in [0.717, 1.165) is 29.1 Å². The van der Waals surface area contributed by atoms with Crippen molar-refractivity contribution in [2.24, 2.45) is 0 Å². The number of carbonyl (C=O) groups is 1. The van der Waals surface area contributed by atoms with Gasteiger partial charge in [-0.05, 0) is 30.3 Å². The molecule has 2 aromatic carbocycles. The Kier molecular flexibility index (Phi) is 6.59. The lowest BCUT2D eigenvalue weighted by atomic mass is 10.2. The van der Waals surface area contributed by atoms with Crippen LogP contribution in [-0.2, 0) is 14.8 Å². The first-order chi connectivity index (χ1) is 15.3. The largest absolute Gasteiger partial charge is 0.486 e. The van der Waals surface area contributed by atoms with Crippen LogP contribution < -0.4 is 9.46 Å². The van der Waals surface area contributed by atoms with E-state index in [-0.39, 0.29) is 34.9 Å². The lowest BCUT2D eigenvalue weighted by Gasteiger charge is -2.18. The molecule has 1 atom stereocenters. The number of pyridine rings is 1. The standard InChI is InChI=1S/C22H21ClFN3O4S/c23-18-13-17(6-7-19(18)24)32(29,30)26-11-8-21(28)27-12-9-16(14-27)31-20-5-1-3-15-4-2-10-25-22(15)20/h1-7,10,13,16,26H,8-9,11-12,14H2. The van der Waals surface area contributed by atoms with Gasteiger partial charge in [0.2, 0.25) is 15.9 Å². The van der Waals surface area contributed by atoms with Crippen molar-refractivity contribution in [3.8, 4) is 5.75 Å². The summed E-state index contributed by atoms with van der Waals surface area (Å²) in [7, 11) is -3.89. The summed E-state index contributed by atoms with van der Waals surface area (Å²) in [5.41, 5.74) is 0.773. The maximum atomic E-state index is 13.3. The van der Waals surface area contributed by atoms with Crippen molar-refractivity contribution in [2.45, 2.75) is 23.8 Å². The van der Waals surface area contributed by atoms with E-state index < -0.39 is 15.8 Å². The van der Waals surface area contributed by atoms with Crippen molar-refractivity contribution in [1.82, 2.24) is 14.6 Å². The van der Waals surface area contributed by atoms with Crippen LogP contribution in [0, 0.1) is 5.82 Å². The zero-order valence-electron chi connectivity index (χ0n) is 17.0. The highest BCUT2D eigenvalue weighted by atomic mass is 35.5. The monoisotopic (exact) mass is 477 g/mol. The fourth-order valence-electron chi connectivity index (χ4n) is 3.58. The Morgan fingerprint density at radius 2 is 2.06 bits per heavy atom. The van der Waals surface area contributed by atoms with Crippen LogP contribution in [0.2, 0.25) is 5.02 Å². The number of aromatic nitrogens is 1. The number of carbonyl (C=O) groups excluding carboxylic acids is 1. The van der Waals surface area contributed by atoms with Gasteiger partial charge in [0, 0.05) is 37.5 Å². The molecule has 168 valence electrons. The molecule has 2 heterocycles. The van der Waals surface area contributed by atoms with Crippen molar-refractivity contribution >= 4 is 38.4 Å². The minimum absolute atomic E-state index is 0.00327. The van der Waals surface area contributed by atoms with Gasteiger partial charge in [0.05, 0.1) is 16.5 Å². The molecule has 10 heteroatoms. The fraction of sp³-hybridized carbons (Fsp3) is 0.273. The molecular formula is C22H21ClFN3O4S. The number of fused-ring (bicyclic) bond motifs is 1. The maximum absolute atomic E-state index is 13.3. The van der Waals surface area contributed by atoms with Gasteiger partial charge in [-0.3, -0.25) is 9.78 Å². The molecule has 0 radical (unpaired) electrons. The molecule has 3 aromatic rings. The summed E-state index contributed by atoms with van der Waals surface area (Å²) in [4.78, 5) is 18.4. The average molecular weight is 478 g/mol. The minimum atomic E-state index is -3.89. The predicted molar refractivity (Wildman–Crippen MR) is 119 cm³/mol. The second-order valence-electron chi connectivity index (χ2n) is 7.42. The molecule has 1 unspecified atom stereocenters. The lowest BCUT2D eigenvalue weighted by molar-refractivity contribution is -0.130. The Morgan fingerprint density at radius 3 is 2.88 bits per heavy atom. The molecule has 0 spiro atoms. The second kappa shape index (κ2) is 9.40. The molecule has 1 fully saturated rings. The first-order valence-corrected chi connectivity index (χ1v) is 11.9. The van der Waals surface area contributed by atoms with Crippen LogP contribution in [0.5, 0.6) is 5.75 Å². The summed E-state index contributed by atoms with van der Waals surface area (Å²) in [5.74, 6) is -0.203. The van der Waals surface area contributed by atoms with E-state index in [1.54, 1.807) is 11.1 Å². The Labute approximate surface area is 190 Å². The van der Waals surface area contributed by atoms with E-state index in [1.807, 2.05) is 30.3 Å². The Hall–Kier alpha value is -2.75. The summed E-state index contributed by atoms with van der Waals surface area (Å²) in [5, 5.41) is 0.694. The van der Waals surface area contributed by atoms with Crippen molar-refractivity contribution in [3.05, 3.63) is 65.6 Å². The van der Waals surface area contributed by atoms with Crippen molar-refractivity contribution in [2.75, 3.05) is 19.6 Å². The van der Waals surface area contributed by atoms with Gasteiger partial charge in [-0.2, -0.15) is 0 Å². The number of halogens is 2. The topological polar surface area (TPSA) is 88.6 Å². The first-order valence-electron chi connectivity index (χ1n) is 10.1. The average Bonchev–Trinajstić information content (AvgIpc) is 3.24. The molecular weight excluding hydrogens is 457 g/mol. The van der Waals surface area contributed by atoms with Gasteiger partial charge in [-0.1, -0.05) is 29.8 Å². The molecule has 4 rings (SSSR count). The van der Waals surface area contributed by atoms with Crippen LogP contribution in [0.15, 0.2) is 59.6 Å². The molecule has 1 aromatic heterocycles. The van der Waals surface area contributed by atoms with Crippen LogP contribution in [0.25, 0.3) is 10.9 Å². The maximum Gasteiger partial charge on any atom is 0.240 e. The summed E-state index contributed by atoms with van der Waals surface area (Å²) in [6, 6.07) is 12.7. The fourth-order valence-corrected chi connectivity index (χ4v) is 4.88. The van der Waals surface area contributed by atoms with Crippen LogP contribution in [-0.4, -0.2) is 49.9 Å². The number of para-hydroxylation sites is 1. The summed E-state index contributed by atoms with van der Waals surface area (Å²) >= 11 is 5.65. The highest BCUT2D eigenvalue weighted by molar-refractivity contribution is 7.89. The number of hydrogen-bond donors (Lipinski definition) is 1. The van der Waals surface area contributed by atoms with Gasteiger partial charge >= 0.3 is 0 Å². The number of amides is 1. The van der Waals surface area contributed by atoms with Gasteiger partial charge in [0.15, 0.2) is 0 Å². The molecule has 1 aliphatic heterocycles. The quantitative estimate of drug-likeness (QED) is 0.563. The number of likely N-dealkylation sites (tertiary alicyclic amines) is 1. The third kappa shape index (κ3) is 5.01. The van der Waals surface area contributed by atoms with Crippen LogP contribution in [0.3, 0.4) is 0 Å². The van der Waals surface area contributed by atoms with Crippen LogP contribution >= 0.6 is 11.6 Å². The van der Waals surface area contributed by atoms with Gasteiger partial charge in [-0.25, -0.2) is 17.5 Å². The van der Waals surface area contributed by atoms with Gasteiger partial charge in [0.25, 0.3) is 0 Å². The lowest BCUT2D eigenvalue weighted by Crippen LogP contribution is -2.34. The van der Waals surface area contributed by atoms with E-state index in [4.69, 9.17) is 16.3 Å². The molecule has 7 nitrogen and oxygen atoms in total. The molecule has 0 bridgehead atoms. The van der Waals surface area contributed by atoms with E-state index in [0.29, 0.717) is 25.3 Å². The molecule has 32 heavy (non-hydrogen) atoms. The molecule has 0 aliphatic carbocycles. The van der Waals surface area contributed by atoms with Crippen molar-refractivity contribution < 1.29 is 22.3 Å². The van der Waals surface area contributed by atoms with Crippen molar-refractivity contribution in [1.29, 1.82) is 0 Å². The smallest absolute Gasteiger partial charge is 0.240 e. The summed E-state index contributed by atoms with van der Waals surface area (Å²) < 4.78 is 46.3. The zero-order chi connectivity index (χ0) is 22.7. The van der Waals surface area contributed by atoms with E-state index in [9.17, 15) is 17.6 Å². The number of hydrogen-bond acceptors (Lipinski definition) is 5. The van der Waals surface area contributed by atoms with E-state index in [2.05, 4.69) is 9.71 Å². The molecule has 1 aliphatic rings. The number of sulfonamides is 1. The Balaban J connectivity index is 1.30. The van der Waals surface area contributed by atoms with Crippen molar-refractivity contribution in [3.63, 3.8) is 0 Å². The minimum Gasteiger partial charge on any atom is -0.486 e. The van der Waals surface area contributed by atoms with Gasteiger partial charge in [0.1, 0.15) is 23.2 Å². The van der Waals surface area contributed by atoms with Crippen LogP contribution in [0.4, 0.5) is 4.39 Å². The Bertz CT molecular complexity index is 1250. The summed E-state index contributed by atoms with van der Waals surface area (Å²) in [6.07, 6.45) is 2.22. The van der Waals surface area contributed by atoms with Gasteiger partial charge in [-0.15, -0.1) is 0 Å². The zero-order valence-corrected chi connectivity index (χ0v) is 18.6.